The second-order valence-corrected chi connectivity index (χ2v) is 6.92. The molecule has 1 amide bonds. The van der Waals surface area contributed by atoms with E-state index in [1.54, 1.807) is 6.07 Å². The summed E-state index contributed by atoms with van der Waals surface area (Å²) in [4.78, 5) is 23.8. The molecule has 0 saturated heterocycles. The van der Waals surface area contributed by atoms with E-state index in [-0.39, 0.29) is 17.1 Å². The number of aryl methyl sites for hydroxylation is 2. The van der Waals surface area contributed by atoms with Crippen molar-refractivity contribution in [1.29, 1.82) is 0 Å². The van der Waals surface area contributed by atoms with Crippen LogP contribution in [0.3, 0.4) is 0 Å². The average Bonchev–Trinajstić information content (AvgIpc) is 3.03. The molecule has 0 spiro atoms. The first kappa shape index (κ1) is 21.0. The third kappa shape index (κ3) is 4.62. The van der Waals surface area contributed by atoms with Gasteiger partial charge in [0.15, 0.2) is 5.69 Å². The number of aromatic hydroxyl groups is 1. The van der Waals surface area contributed by atoms with Gasteiger partial charge in [-0.2, -0.15) is 5.10 Å². The number of nitrogens with one attached hydrogen (secondary N) is 1. The highest BCUT2D eigenvalue weighted by Crippen LogP contribution is 2.24. The van der Waals surface area contributed by atoms with Crippen LogP contribution >= 0.6 is 0 Å². The Kier molecular flexibility index (Phi) is 5.81. The number of hydrogen-bond acceptors (Lipinski definition) is 4. The second-order valence-electron chi connectivity index (χ2n) is 6.92. The van der Waals surface area contributed by atoms with Gasteiger partial charge in [0.1, 0.15) is 11.6 Å². The van der Waals surface area contributed by atoms with Crippen molar-refractivity contribution in [2.24, 2.45) is 0 Å². The first-order valence-electron chi connectivity index (χ1n) is 8.99. The van der Waals surface area contributed by atoms with Crippen LogP contribution in [0.25, 0.3) is 5.69 Å². The molecular formula is C21H19F2N3O4. The van der Waals surface area contributed by atoms with Crippen LogP contribution in [-0.2, 0) is 4.79 Å². The number of amides is 1. The molecule has 3 aromatic rings. The van der Waals surface area contributed by atoms with Crippen LogP contribution in [0.1, 0.15) is 39.6 Å². The first-order chi connectivity index (χ1) is 14.1. The lowest BCUT2D eigenvalue weighted by Crippen LogP contribution is -2.30. The standard InChI is InChI=1S/C21H19F2N3O4/c1-11-3-4-12(2)18(5-11)26-19(27)9-17(25-26)21(30)24-16(10-20(28)29)13-6-14(22)8-15(23)7-13/h3-9,16,27H,10H2,1-2H3,(H,24,30)(H,28,29). The zero-order valence-corrected chi connectivity index (χ0v) is 16.2. The molecule has 1 aromatic heterocycles. The summed E-state index contributed by atoms with van der Waals surface area (Å²) in [5.41, 5.74) is 2.08. The number of nitrogens with zero attached hydrogens (tertiary/aromatic N) is 2. The molecule has 30 heavy (non-hydrogen) atoms. The van der Waals surface area contributed by atoms with E-state index in [4.69, 9.17) is 5.11 Å². The van der Waals surface area contributed by atoms with Crippen molar-refractivity contribution < 1.29 is 28.6 Å². The van der Waals surface area contributed by atoms with Crippen molar-refractivity contribution >= 4 is 11.9 Å². The van der Waals surface area contributed by atoms with E-state index in [0.717, 1.165) is 29.3 Å². The Bertz CT molecular complexity index is 1110. The molecule has 9 heteroatoms. The fraction of sp³-hybridized carbons (Fsp3) is 0.190. The molecule has 0 aliphatic rings. The lowest BCUT2D eigenvalue weighted by atomic mass is 10.0. The fourth-order valence-electron chi connectivity index (χ4n) is 3.04. The molecule has 0 aliphatic heterocycles. The molecule has 1 unspecified atom stereocenters. The number of carboxylic acids is 1. The molecule has 156 valence electrons. The summed E-state index contributed by atoms with van der Waals surface area (Å²) in [5.74, 6) is -4.16. The van der Waals surface area contributed by atoms with Crippen LogP contribution in [0.4, 0.5) is 8.78 Å². The van der Waals surface area contributed by atoms with Crippen molar-refractivity contribution in [2.45, 2.75) is 26.3 Å². The number of carbonyl (C=O) groups excluding carboxylic acids is 1. The number of benzene rings is 2. The molecule has 1 atom stereocenters. The van der Waals surface area contributed by atoms with Crippen LogP contribution in [0.15, 0.2) is 42.5 Å². The smallest absolute Gasteiger partial charge is 0.305 e. The summed E-state index contributed by atoms with van der Waals surface area (Å²) in [6, 6.07) is 7.98. The van der Waals surface area contributed by atoms with Crippen molar-refractivity contribution in [2.75, 3.05) is 0 Å². The molecule has 3 N–H and O–H groups in total. The number of carbonyl (C=O) groups is 2. The normalized spacial score (nSPS) is 11.9. The number of aromatic nitrogens is 2. The van der Waals surface area contributed by atoms with Crippen molar-refractivity contribution in [1.82, 2.24) is 15.1 Å². The maximum absolute atomic E-state index is 13.6. The van der Waals surface area contributed by atoms with Gasteiger partial charge in [0.05, 0.1) is 18.2 Å². The van der Waals surface area contributed by atoms with E-state index in [2.05, 4.69) is 10.4 Å². The zero-order valence-electron chi connectivity index (χ0n) is 16.2. The van der Waals surface area contributed by atoms with E-state index < -0.39 is 36.0 Å². The van der Waals surface area contributed by atoms with E-state index in [9.17, 15) is 23.5 Å². The van der Waals surface area contributed by atoms with Gasteiger partial charge < -0.3 is 15.5 Å². The molecule has 2 aromatic carbocycles. The predicted octanol–water partition coefficient (Wildman–Crippen LogP) is 3.42. The minimum absolute atomic E-state index is 0.0403. The van der Waals surface area contributed by atoms with Gasteiger partial charge in [-0.3, -0.25) is 9.59 Å². The van der Waals surface area contributed by atoms with Gasteiger partial charge >= 0.3 is 5.97 Å². The fourth-order valence-corrected chi connectivity index (χ4v) is 3.04. The summed E-state index contributed by atoms with van der Waals surface area (Å²) in [5, 5.41) is 25.9. The van der Waals surface area contributed by atoms with Crippen LogP contribution in [0.2, 0.25) is 0 Å². The van der Waals surface area contributed by atoms with Gasteiger partial charge in [-0.15, -0.1) is 0 Å². The highest BCUT2D eigenvalue weighted by Gasteiger charge is 2.23. The van der Waals surface area contributed by atoms with Gasteiger partial charge in [0.2, 0.25) is 5.88 Å². The van der Waals surface area contributed by atoms with Crippen LogP contribution in [0, 0.1) is 25.5 Å². The topological polar surface area (TPSA) is 104 Å². The molecule has 0 fully saturated rings. The monoisotopic (exact) mass is 415 g/mol. The quantitative estimate of drug-likeness (QED) is 0.572. The Morgan fingerprint density at radius 2 is 1.77 bits per heavy atom. The maximum atomic E-state index is 13.6. The summed E-state index contributed by atoms with van der Waals surface area (Å²) in [7, 11) is 0. The van der Waals surface area contributed by atoms with E-state index in [1.807, 2.05) is 26.0 Å². The van der Waals surface area contributed by atoms with Crippen molar-refractivity contribution in [3.8, 4) is 11.6 Å². The number of aliphatic carboxylic acids is 1. The van der Waals surface area contributed by atoms with Crippen LogP contribution in [-0.4, -0.2) is 31.9 Å². The molecule has 7 nitrogen and oxygen atoms in total. The Hall–Kier alpha value is -3.75. The van der Waals surface area contributed by atoms with Crippen molar-refractivity contribution in [3.63, 3.8) is 0 Å². The second kappa shape index (κ2) is 8.32. The van der Waals surface area contributed by atoms with Crippen LogP contribution < -0.4 is 5.32 Å². The third-order valence-electron chi connectivity index (χ3n) is 4.49. The minimum Gasteiger partial charge on any atom is -0.493 e. The molecule has 0 aliphatic carbocycles. The summed E-state index contributed by atoms with van der Waals surface area (Å²) in [6.45, 7) is 3.68. The molecule has 1 heterocycles. The van der Waals surface area contributed by atoms with Gasteiger partial charge in [0, 0.05) is 12.1 Å². The van der Waals surface area contributed by atoms with Crippen LogP contribution in [0.5, 0.6) is 5.88 Å². The number of rotatable bonds is 6. The molecule has 3 rings (SSSR count). The number of carboxylic acid groups (broad SMARTS) is 1. The average molecular weight is 415 g/mol. The highest BCUT2D eigenvalue weighted by molar-refractivity contribution is 5.93. The zero-order chi connectivity index (χ0) is 22.0. The Morgan fingerprint density at radius 1 is 1.10 bits per heavy atom. The molecule has 0 bridgehead atoms. The number of hydrogen-bond donors (Lipinski definition) is 3. The van der Waals surface area contributed by atoms with Gasteiger partial charge in [-0.05, 0) is 48.7 Å². The first-order valence-corrected chi connectivity index (χ1v) is 8.99. The van der Waals surface area contributed by atoms with Crippen molar-refractivity contribution in [3.05, 3.63) is 76.5 Å². The number of halogens is 2. The molecular weight excluding hydrogens is 396 g/mol. The molecule has 0 radical (unpaired) electrons. The Morgan fingerprint density at radius 3 is 2.40 bits per heavy atom. The van der Waals surface area contributed by atoms with E-state index in [0.29, 0.717) is 11.8 Å². The lowest BCUT2D eigenvalue weighted by Gasteiger charge is -2.17. The van der Waals surface area contributed by atoms with E-state index in [1.165, 1.54) is 4.68 Å². The third-order valence-corrected chi connectivity index (χ3v) is 4.49. The minimum atomic E-state index is -1.27. The largest absolute Gasteiger partial charge is 0.493 e. The Labute approximate surface area is 170 Å². The van der Waals surface area contributed by atoms with Gasteiger partial charge in [-0.25, -0.2) is 13.5 Å². The van der Waals surface area contributed by atoms with Gasteiger partial charge in [-0.1, -0.05) is 12.1 Å². The molecule has 0 saturated carbocycles. The predicted molar refractivity (Wildman–Crippen MR) is 104 cm³/mol. The SMILES string of the molecule is Cc1ccc(C)c(-n2nc(C(=O)NC(CC(=O)O)c3cc(F)cc(F)c3)cc2O)c1. The Balaban J connectivity index is 1.91. The van der Waals surface area contributed by atoms with E-state index >= 15 is 0 Å². The maximum Gasteiger partial charge on any atom is 0.305 e. The highest BCUT2D eigenvalue weighted by atomic mass is 19.1. The lowest BCUT2D eigenvalue weighted by molar-refractivity contribution is -0.137. The van der Waals surface area contributed by atoms with Gasteiger partial charge in [0.25, 0.3) is 5.91 Å². The summed E-state index contributed by atoms with van der Waals surface area (Å²) in [6.07, 6.45) is -0.599. The summed E-state index contributed by atoms with van der Waals surface area (Å²) < 4.78 is 28.3. The summed E-state index contributed by atoms with van der Waals surface area (Å²) >= 11 is 0.